The summed E-state index contributed by atoms with van der Waals surface area (Å²) in [7, 11) is 0. The summed E-state index contributed by atoms with van der Waals surface area (Å²) >= 11 is 12.8. The highest BCUT2D eigenvalue weighted by Gasteiger charge is 2.23. The van der Waals surface area contributed by atoms with Gasteiger partial charge >= 0.3 is 0 Å². The number of nitrogens with one attached hydrogen (secondary N) is 1. The van der Waals surface area contributed by atoms with Crippen molar-refractivity contribution in [2.75, 3.05) is 18.0 Å². The van der Waals surface area contributed by atoms with E-state index in [9.17, 15) is 0 Å². The van der Waals surface area contributed by atoms with Crippen LogP contribution >= 0.6 is 23.2 Å². The van der Waals surface area contributed by atoms with Gasteiger partial charge in [-0.05, 0) is 60.9 Å². The summed E-state index contributed by atoms with van der Waals surface area (Å²) in [6, 6.07) is 23.0. The Balaban J connectivity index is 1.87. The van der Waals surface area contributed by atoms with Crippen LogP contribution in [-0.4, -0.2) is 18.1 Å². The fraction of sp³-hybridized carbons (Fsp3) is 0.200. The van der Waals surface area contributed by atoms with Gasteiger partial charge in [-0.25, -0.2) is 0 Å². The highest BCUT2D eigenvalue weighted by Crippen LogP contribution is 2.40. The zero-order valence-corrected chi connectivity index (χ0v) is 18.1. The van der Waals surface area contributed by atoms with Crippen LogP contribution in [-0.2, 0) is 0 Å². The van der Waals surface area contributed by atoms with E-state index in [1.54, 1.807) is 0 Å². The van der Waals surface area contributed by atoms with Crippen molar-refractivity contribution >= 4 is 39.8 Å². The van der Waals surface area contributed by atoms with Crippen LogP contribution in [0.3, 0.4) is 0 Å². The predicted octanol–water partition coefficient (Wildman–Crippen LogP) is 7.50. The van der Waals surface area contributed by atoms with Gasteiger partial charge in [0.15, 0.2) is 0 Å². The van der Waals surface area contributed by atoms with Crippen LogP contribution < -0.4 is 4.90 Å². The summed E-state index contributed by atoms with van der Waals surface area (Å²) in [4.78, 5) is 5.76. The van der Waals surface area contributed by atoms with Gasteiger partial charge in [-0.2, -0.15) is 0 Å². The summed E-state index contributed by atoms with van der Waals surface area (Å²) in [5, 5.41) is 2.53. The predicted molar refractivity (Wildman–Crippen MR) is 126 cm³/mol. The van der Waals surface area contributed by atoms with E-state index in [2.05, 4.69) is 72.4 Å². The molecule has 1 heterocycles. The Labute approximate surface area is 182 Å². The van der Waals surface area contributed by atoms with Gasteiger partial charge in [0.1, 0.15) is 0 Å². The molecule has 4 rings (SSSR count). The Hall–Kier alpha value is -2.42. The summed E-state index contributed by atoms with van der Waals surface area (Å²) in [5.74, 6) is 0.0154. The molecule has 29 heavy (non-hydrogen) atoms. The molecule has 0 saturated carbocycles. The molecule has 4 aromatic rings. The third-order valence-electron chi connectivity index (χ3n) is 5.56. The first-order valence-corrected chi connectivity index (χ1v) is 10.7. The van der Waals surface area contributed by atoms with Crippen molar-refractivity contribution in [3.8, 4) is 0 Å². The van der Waals surface area contributed by atoms with Gasteiger partial charge in [0.2, 0.25) is 0 Å². The Morgan fingerprint density at radius 3 is 2.28 bits per heavy atom. The third kappa shape index (κ3) is 3.88. The largest absolute Gasteiger partial charge is 0.372 e. The average molecular weight is 423 g/mol. The van der Waals surface area contributed by atoms with E-state index >= 15 is 0 Å². The van der Waals surface area contributed by atoms with Gasteiger partial charge in [0.05, 0.1) is 0 Å². The molecule has 0 aliphatic rings. The number of aromatic nitrogens is 1. The van der Waals surface area contributed by atoms with Crippen LogP contribution in [0.1, 0.15) is 36.5 Å². The van der Waals surface area contributed by atoms with Gasteiger partial charge in [0.25, 0.3) is 0 Å². The number of nitrogens with zero attached hydrogens (tertiary/aromatic N) is 1. The van der Waals surface area contributed by atoms with Crippen LogP contribution in [0.2, 0.25) is 10.0 Å². The number of halogens is 2. The Kier molecular flexibility index (Phi) is 5.84. The molecule has 2 nitrogen and oxygen atoms in total. The molecule has 1 N–H and O–H groups in total. The lowest BCUT2D eigenvalue weighted by Crippen LogP contribution is -2.21. The van der Waals surface area contributed by atoms with Crippen molar-refractivity contribution in [1.82, 2.24) is 4.98 Å². The lowest BCUT2D eigenvalue weighted by atomic mass is 9.85. The van der Waals surface area contributed by atoms with E-state index in [-0.39, 0.29) is 5.92 Å². The van der Waals surface area contributed by atoms with E-state index in [4.69, 9.17) is 23.2 Å². The second-order valence-corrected chi connectivity index (χ2v) is 8.00. The van der Waals surface area contributed by atoms with E-state index in [1.807, 2.05) is 24.3 Å². The molecule has 0 fully saturated rings. The lowest BCUT2D eigenvalue weighted by molar-refractivity contribution is 0.864. The van der Waals surface area contributed by atoms with Gasteiger partial charge in [-0.15, -0.1) is 0 Å². The van der Waals surface area contributed by atoms with Crippen molar-refractivity contribution in [2.45, 2.75) is 19.8 Å². The maximum atomic E-state index is 6.67. The fourth-order valence-electron chi connectivity index (χ4n) is 4.06. The minimum Gasteiger partial charge on any atom is -0.372 e. The minimum atomic E-state index is 0.0154. The molecule has 1 atom stereocenters. The van der Waals surface area contributed by atoms with E-state index < -0.39 is 0 Å². The number of hydrogen-bond acceptors (Lipinski definition) is 1. The molecular formula is C25H24Cl2N2. The van der Waals surface area contributed by atoms with Gasteiger partial charge in [-0.3, -0.25) is 0 Å². The van der Waals surface area contributed by atoms with Crippen LogP contribution in [0.5, 0.6) is 0 Å². The zero-order valence-electron chi connectivity index (χ0n) is 16.6. The van der Waals surface area contributed by atoms with Crippen LogP contribution in [0.4, 0.5) is 5.69 Å². The van der Waals surface area contributed by atoms with Crippen molar-refractivity contribution < 1.29 is 0 Å². The number of rotatable bonds is 6. The molecule has 0 amide bonds. The number of para-hydroxylation sites is 1. The maximum absolute atomic E-state index is 6.67. The fourth-order valence-corrected chi connectivity index (χ4v) is 4.58. The van der Waals surface area contributed by atoms with Gasteiger partial charge in [-0.1, -0.05) is 59.6 Å². The number of benzene rings is 3. The van der Waals surface area contributed by atoms with E-state index in [0.717, 1.165) is 24.2 Å². The second kappa shape index (κ2) is 8.52. The molecule has 0 aliphatic carbocycles. The highest BCUT2D eigenvalue weighted by molar-refractivity contribution is 6.35. The number of anilines is 1. The van der Waals surface area contributed by atoms with Crippen molar-refractivity contribution in [2.24, 2.45) is 0 Å². The first-order chi connectivity index (χ1) is 14.1. The second-order valence-electron chi connectivity index (χ2n) is 7.15. The Morgan fingerprint density at radius 1 is 0.862 bits per heavy atom. The first kappa shape index (κ1) is 19.9. The quantitative estimate of drug-likeness (QED) is 0.340. The summed E-state index contributed by atoms with van der Waals surface area (Å²) in [5.41, 5.74) is 5.82. The number of H-pyrrole nitrogens is 1. The van der Waals surface area contributed by atoms with Crippen LogP contribution in [0.25, 0.3) is 10.9 Å². The Morgan fingerprint density at radius 2 is 1.59 bits per heavy atom. The van der Waals surface area contributed by atoms with E-state index in [0.29, 0.717) is 10.0 Å². The monoisotopic (exact) mass is 422 g/mol. The molecule has 0 spiro atoms. The molecule has 148 valence electrons. The molecule has 4 heteroatoms. The summed E-state index contributed by atoms with van der Waals surface area (Å²) in [6.07, 6.45) is 2.10. The average Bonchev–Trinajstić information content (AvgIpc) is 3.16. The molecule has 1 aromatic heterocycles. The molecule has 0 bridgehead atoms. The molecule has 0 saturated heterocycles. The van der Waals surface area contributed by atoms with Crippen LogP contribution in [0.15, 0.2) is 72.9 Å². The molecule has 1 unspecified atom stereocenters. The first-order valence-electron chi connectivity index (χ1n) is 9.98. The zero-order chi connectivity index (χ0) is 20.4. The van der Waals surface area contributed by atoms with Crippen molar-refractivity contribution in [3.63, 3.8) is 0 Å². The summed E-state index contributed by atoms with van der Waals surface area (Å²) < 4.78 is 0. The maximum Gasteiger partial charge on any atom is 0.0462 e. The molecule has 3 aromatic carbocycles. The van der Waals surface area contributed by atoms with Gasteiger partial charge < -0.3 is 9.88 Å². The SMILES string of the molecule is CCN(CC)c1ccc(C(c2ccc(Cl)cc2Cl)c2c[nH]c3ccccc23)cc1. The summed E-state index contributed by atoms with van der Waals surface area (Å²) in [6.45, 7) is 6.34. The standard InChI is InChI=1S/C25H24Cl2N2/c1-3-29(4-2)19-12-9-17(10-13-19)25(21-14-11-18(26)15-23(21)27)22-16-28-24-8-6-5-7-20(22)24/h5-16,25,28H,3-4H2,1-2H3. The smallest absolute Gasteiger partial charge is 0.0462 e. The number of hydrogen-bond donors (Lipinski definition) is 1. The normalized spacial score (nSPS) is 12.3. The topological polar surface area (TPSA) is 19.0 Å². The van der Waals surface area contributed by atoms with Crippen molar-refractivity contribution in [1.29, 1.82) is 0 Å². The molecule has 0 radical (unpaired) electrons. The Bertz CT molecular complexity index is 1110. The van der Waals surface area contributed by atoms with Gasteiger partial charge in [0, 0.05) is 51.8 Å². The van der Waals surface area contributed by atoms with Crippen molar-refractivity contribution in [3.05, 3.63) is 99.7 Å². The number of fused-ring (bicyclic) bond motifs is 1. The molecule has 0 aliphatic heterocycles. The van der Waals surface area contributed by atoms with Crippen LogP contribution in [0, 0.1) is 0 Å². The lowest BCUT2D eigenvalue weighted by Gasteiger charge is -2.23. The third-order valence-corrected chi connectivity index (χ3v) is 6.12. The van der Waals surface area contributed by atoms with E-state index in [1.165, 1.54) is 22.2 Å². The minimum absolute atomic E-state index is 0.0154. The molecular weight excluding hydrogens is 399 g/mol. The highest BCUT2D eigenvalue weighted by atomic mass is 35.5. The number of aromatic amines is 1.